The second-order valence-electron chi connectivity index (χ2n) is 6.12. The maximum atomic E-state index is 9.56. The molecule has 1 aromatic heterocycles. The van der Waals surface area contributed by atoms with Crippen LogP contribution >= 0.6 is 0 Å². The van der Waals surface area contributed by atoms with Crippen molar-refractivity contribution in [3.8, 4) is 0 Å². The van der Waals surface area contributed by atoms with E-state index in [1.165, 1.54) is 17.7 Å². The standard InChI is InChI=1S/C15H24N4O/c1-11-8-19(7-6-18(11)9-12(2)20)15-13-4-3-5-14(13)16-10-17-15/h10-12,20H,3-9H2,1-2H3/t11-,12+/m0/s1. The summed E-state index contributed by atoms with van der Waals surface area (Å²) in [6, 6.07) is 0.449. The number of rotatable bonds is 3. The number of aromatic nitrogens is 2. The molecular weight excluding hydrogens is 252 g/mol. The third kappa shape index (κ3) is 2.65. The molecule has 0 radical (unpaired) electrons. The van der Waals surface area contributed by atoms with Crippen LogP contribution in [0.5, 0.6) is 0 Å². The number of aryl methyl sites for hydroxylation is 1. The Labute approximate surface area is 120 Å². The van der Waals surface area contributed by atoms with E-state index in [0.29, 0.717) is 6.04 Å². The first-order valence-corrected chi connectivity index (χ1v) is 7.65. The second kappa shape index (κ2) is 5.66. The molecule has 3 rings (SSSR count). The van der Waals surface area contributed by atoms with E-state index in [1.54, 1.807) is 6.33 Å². The Hall–Kier alpha value is -1.20. The van der Waals surface area contributed by atoms with Crippen molar-refractivity contribution < 1.29 is 5.11 Å². The van der Waals surface area contributed by atoms with E-state index in [0.717, 1.165) is 44.8 Å². The summed E-state index contributed by atoms with van der Waals surface area (Å²) in [5.41, 5.74) is 2.61. The highest BCUT2D eigenvalue weighted by atomic mass is 16.3. The van der Waals surface area contributed by atoms with Crippen LogP contribution in [0.3, 0.4) is 0 Å². The zero-order valence-corrected chi connectivity index (χ0v) is 12.4. The lowest BCUT2D eigenvalue weighted by molar-refractivity contribution is 0.0958. The van der Waals surface area contributed by atoms with E-state index in [4.69, 9.17) is 0 Å². The largest absolute Gasteiger partial charge is 0.392 e. The van der Waals surface area contributed by atoms with Gasteiger partial charge in [-0.2, -0.15) is 0 Å². The number of anilines is 1. The van der Waals surface area contributed by atoms with Gasteiger partial charge in [0.2, 0.25) is 0 Å². The highest BCUT2D eigenvalue weighted by Crippen LogP contribution is 2.29. The highest BCUT2D eigenvalue weighted by Gasteiger charge is 2.28. The molecule has 1 aliphatic carbocycles. The Kier molecular flexibility index (Phi) is 3.89. The molecule has 2 heterocycles. The average molecular weight is 276 g/mol. The lowest BCUT2D eigenvalue weighted by atomic mass is 10.1. The fourth-order valence-electron chi connectivity index (χ4n) is 3.41. The van der Waals surface area contributed by atoms with Crippen molar-refractivity contribution in [2.24, 2.45) is 0 Å². The molecule has 0 amide bonds. The fourth-order valence-corrected chi connectivity index (χ4v) is 3.41. The summed E-state index contributed by atoms with van der Waals surface area (Å²) < 4.78 is 0. The van der Waals surface area contributed by atoms with E-state index in [1.807, 2.05) is 6.92 Å². The second-order valence-corrected chi connectivity index (χ2v) is 6.12. The molecule has 0 aromatic carbocycles. The van der Waals surface area contributed by atoms with Gasteiger partial charge in [0.25, 0.3) is 0 Å². The molecule has 0 bridgehead atoms. The zero-order valence-electron chi connectivity index (χ0n) is 12.4. The minimum absolute atomic E-state index is 0.257. The molecule has 110 valence electrons. The first kappa shape index (κ1) is 13.8. The van der Waals surface area contributed by atoms with Gasteiger partial charge < -0.3 is 10.0 Å². The van der Waals surface area contributed by atoms with E-state index in [2.05, 4.69) is 26.7 Å². The minimum Gasteiger partial charge on any atom is -0.392 e. The highest BCUT2D eigenvalue weighted by molar-refractivity contribution is 5.51. The molecule has 1 N–H and O–H groups in total. The first-order chi connectivity index (χ1) is 9.65. The lowest BCUT2D eigenvalue weighted by Gasteiger charge is -2.41. The van der Waals surface area contributed by atoms with Crippen molar-refractivity contribution in [2.75, 3.05) is 31.1 Å². The van der Waals surface area contributed by atoms with Crippen molar-refractivity contribution in [2.45, 2.75) is 45.3 Å². The topological polar surface area (TPSA) is 52.5 Å². The van der Waals surface area contributed by atoms with Crippen LogP contribution in [0.15, 0.2) is 6.33 Å². The molecule has 5 nitrogen and oxygen atoms in total. The van der Waals surface area contributed by atoms with Gasteiger partial charge in [0.15, 0.2) is 0 Å². The molecule has 0 spiro atoms. The zero-order chi connectivity index (χ0) is 14.1. The number of aliphatic hydroxyl groups is 1. The fraction of sp³-hybridized carbons (Fsp3) is 0.733. The number of nitrogens with zero attached hydrogens (tertiary/aromatic N) is 4. The summed E-state index contributed by atoms with van der Waals surface area (Å²) >= 11 is 0. The van der Waals surface area contributed by atoms with Gasteiger partial charge in [-0.15, -0.1) is 0 Å². The van der Waals surface area contributed by atoms with Crippen LogP contribution < -0.4 is 4.90 Å². The van der Waals surface area contributed by atoms with Crippen molar-refractivity contribution in [3.05, 3.63) is 17.6 Å². The number of β-amino-alcohol motifs (C(OH)–C–C–N with tert-alkyl or cyclic N) is 1. The summed E-state index contributed by atoms with van der Waals surface area (Å²) in [6.07, 6.45) is 4.88. The van der Waals surface area contributed by atoms with E-state index in [-0.39, 0.29) is 6.10 Å². The number of aliphatic hydroxyl groups excluding tert-OH is 1. The quantitative estimate of drug-likeness (QED) is 0.887. The molecule has 0 saturated carbocycles. The average Bonchev–Trinajstić information content (AvgIpc) is 2.88. The Morgan fingerprint density at radius 1 is 1.35 bits per heavy atom. The van der Waals surface area contributed by atoms with Crippen LogP contribution in [0, 0.1) is 0 Å². The van der Waals surface area contributed by atoms with Crippen LogP contribution in [0.2, 0.25) is 0 Å². The number of hydrogen-bond donors (Lipinski definition) is 1. The van der Waals surface area contributed by atoms with Gasteiger partial charge in [0.1, 0.15) is 12.1 Å². The third-order valence-electron chi connectivity index (χ3n) is 4.42. The smallest absolute Gasteiger partial charge is 0.135 e. The number of fused-ring (bicyclic) bond motifs is 1. The van der Waals surface area contributed by atoms with Crippen molar-refractivity contribution in [1.29, 1.82) is 0 Å². The predicted octanol–water partition coefficient (Wildman–Crippen LogP) is 0.857. The first-order valence-electron chi connectivity index (χ1n) is 7.65. The summed E-state index contributed by atoms with van der Waals surface area (Å²) in [7, 11) is 0. The van der Waals surface area contributed by atoms with Crippen LogP contribution in [0.1, 0.15) is 31.5 Å². The maximum Gasteiger partial charge on any atom is 0.135 e. The van der Waals surface area contributed by atoms with Crippen LogP contribution in [0.4, 0.5) is 5.82 Å². The summed E-state index contributed by atoms with van der Waals surface area (Å²) in [6.45, 7) is 7.81. The van der Waals surface area contributed by atoms with Gasteiger partial charge in [-0.05, 0) is 33.1 Å². The lowest BCUT2D eigenvalue weighted by Crippen LogP contribution is -2.54. The molecule has 1 aliphatic heterocycles. The Balaban J connectivity index is 1.73. The van der Waals surface area contributed by atoms with Crippen molar-refractivity contribution in [3.63, 3.8) is 0 Å². The molecule has 1 aromatic rings. The van der Waals surface area contributed by atoms with Gasteiger partial charge in [0.05, 0.1) is 6.10 Å². The van der Waals surface area contributed by atoms with Crippen LogP contribution in [0.25, 0.3) is 0 Å². The molecule has 5 heteroatoms. The Bertz CT molecular complexity index is 477. The normalized spacial score (nSPS) is 24.8. The monoisotopic (exact) mass is 276 g/mol. The third-order valence-corrected chi connectivity index (χ3v) is 4.42. The minimum atomic E-state index is -0.257. The number of piperazine rings is 1. The number of hydrogen-bond acceptors (Lipinski definition) is 5. The maximum absolute atomic E-state index is 9.56. The Morgan fingerprint density at radius 2 is 2.20 bits per heavy atom. The van der Waals surface area contributed by atoms with Crippen molar-refractivity contribution >= 4 is 5.82 Å². The molecule has 2 aliphatic rings. The molecule has 0 unspecified atom stereocenters. The van der Waals surface area contributed by atoms with Crippen LogP contribution in [-0.2, 0) is 12.8 Å². The molecule has 1 saturated heterocycles. The SMILES string of the molecule is C[C@@H](O)CN1CCN(c2ncnc3c2CCC3)C[C@@H]1C. The van der Waals surface area contributed by atoms with Gasteiger partial charge in [-0.25, -0.2) is 9.97 Å². The Morgan fingerprint density at radius 3 is 2.95 bits per heavy atom. The molecule has 2 atom stereocenters. The van der Waals surface area contributed by atoms with Crippen LogP contribution in [-0.4, -0.2) is 58.3 Å². The van der Waals surface area contributed by atoms with E-state index >= 15 is 0 Å². The predicted molar refractivity (Wildman–Crippen MR) is 79.0 cm³/mol. The molecular formula is C15H24N4O. The summed E-state index contributed by atoms with van der Waals surface area (Å²) in [4.78, 5) is 13.7. The van der Waals surface area contributed by atoms with Gasteiger partial charge >= 0.3 is 0 Å². The summed E-state index contributed by atoms with van der Waals surface area (Å²) in [5, 5.41) is 9.56. The van der Waals surface area contributed by atoms with Gasteiger partial charge in [-0.3, -0.25) is 4.90 Å². The molecule has 20 heavy (non-hydrogen) atoms. The van der Waals surface area contributed by atoms with Gasteiger partial charge in [0, 0.05) is 43.5 Å². The van der Waals surface area contributed by atoms with E-state index in [9.17, 15) is 5.11 Å². The molecule has 1 fully saturated rings. The van der Waals surface area contributed by atoms with Crippen molar-refractivity contribution in [1.82, 2.24) is 14.9 Å². The van der Waals surface area contributed by atoms with E-state index < -0.39 is 0 Å². The van der Waals surface area contributed by atoms with Gasteiger partial charge in [-0.1, -0.05) is 0 Å². The summed E-state index contributed by atoms with van der Waals surface area (Å²) in [5.74, 6) is 1.15.